The largest absolute Gasteiger partial charge is 0.456 e. The van der Waals surface area contributed by atoms with Gasteiger partial charge in [0.1, 0.15) is 22.0 Å². The fraction of sp³-hybridized carbons (Fsp3) is 0.227. The zero-order chi connectivity index (χ0) is 20.7. The average Bonchev–Trinajstić information content (AvgIpc) is 3.18. The third-order valence-corrected chi connectivity index (χ3v) is 5.50. The standard InChI is InChI=1S/C22H17ClF2N4O/c23-20-19(30-16-4-2-1-3-5-16)7-6-17-21(20)28-18(11-26-17)15-10-27-29(13-15)12-14-8-22(24,25)9-14/h1-7,10-11,13-14H,8-9,12H2. The van der Waals surface area contributed by atoms with Crippen molar-refractivity contribution in [1.82, 2.24) is 19.7 Å². The van der Waals surface area contributed by atoms with Gasteiger partial charge in [-0.15, -0.1) is 0 Å². The van der Waals surface area contributed by atoms with Crippen LogP contribution in [0.25, 0.3) is 22.3 Å². The number of alkyl halides is 2. The summed E-state index contributed by atoms with van der Waals surface area (Å²) in [6.45, 7) is 0.465. The Hall–Kier alpha value is -3.06. The summed E-state index contributed by atoms with van der Waals surface area (Å²) < 4.78 is 33.6. The number of rotatable bonds is 5. The molecule has 0 radical (unpaired) electrons. The molecule has 2 aromatic heterocycles. The number of halogens is 3. The van der Waals surface area contributed by atoms with E-state index in [0.29, 0.717) is 39.8 Å². The summed E-state index contributed by atoms with van der Waals surface area (Å²) in [7, 11) is 0. The Labute approximate surface area is 176 Å². The quantitative estimate of drug-likeness (QED) is 0.393. The molecular weight excluding hydrogens is 410 g/mol. The minimum Gasteiger partial charge on any atom is -0.456 e. The highest BCUT2D eigenvalue weighted by molar-refractivity contribution is 6.36. The smallest absolute Gasteiger partial charge is 0.248 e. The van der Waals surface area contributed by atoms with Crippen molar-refractivity contribution in [2.24, 2.45) is 5.92 Å². The number of aromatic nitrogens is 4. The average molecular weight is 427 g/mol. The summed E-state index contributed by atoms with van der Waals surface area (Å²) in [5.74, 6) is -1.42. The Kier molecular flexibility index (Phi) is 4.62. The van der Waals surface area contributed by atoms with Gasteiger partial charge in [-0.05, 0) is 30.2 Å². The summed E-state index contributed by atoms with van der Waals surface area (Å²) in [5.41, 5.74) is 2.52. The van der Waals surface area contributed by atoms with Crippen molar-refractivity contribution in [2.75, 3.05) is 0 Å². The second-order valence-corrected chi connectivity index (χ2v) is 7.88. The van der Waals surface area contributed by atoms with Crippen molar-refractivity contribution in [2.45, 2.75) is 25.3 Å². The maximum absolute atomic E-state index is 13.0. The van der Waals surface area contributed by atoms with Gasteiger partial charge < -0.3 is 4.74 Å². The van der Waals surface area contributed by atoms with Gasteiger partial charge in [0.2, 0.25) is 5.92 Å². The van der Waals surface area contributed by atoms with Gasteiger partial charge >= 0.3 is 0 Å². The highest BCUT2D eigenvalue weighted by atomic mass is 35.5. The van der Waals surface area contributed by atoms with Gasteiger partial charge in [-0.25, -0.2) is 13.8 Å². The fourth-order valence-corrected chi connectivity index (χ4v) is 3.87. The molecule has 1 aliphatic rings. The van der Waals surface area contributed by atoms with E-state index in [9.17, 15) is 8.78 Å². The lowest BCUT2D eigenvalue weighted by molar-refractivity contribution is -0.114. The van der Waals surface area contributed by atoms with E-state index < -0.39 is 5.92 Å². The Morgan fingerprint density at radius 1 is 1.10 bits per heavy atom. The van der Waals surface area contributed by atoms with Crippen LogP contribution >= 0.6 is 11.6 Å². The van der Waals surface area contributed by atoms with E-state index in [1.54, 1.807) is 35.4 Å². The molecule has 1 fully saturated rings. The van der Waals surface area contributed by atoms with Crippen LogP contribution in [-0.4, -0.2) is 25.7 Å². The minimum atomic E-state index is -2.53. The van der Waals surface area contributed by atoms with Gasteiger partial charge in [-0.2, -0.15) is 5.10 Å². The molecular formula is C22H17ClF2N4O. The molecule has 0 bridgehead atoms. The lowest BCUT2D eigenvalue weighted by Gasteiger charge is -2.34. The first-order chi connectivity index (χ1) is 14.5. The van der Waals surface area contributed by atoms with Crippen LogP contribution < -0.4 is 4.74 Å². The van der Waals surface area contributed by atoms with Crippen molar-refractivity contribution < 1.29 is 13.5 Å². The number of hydrogen-bond acceptors (Lipinski definition) is 4. The van der Waals surface area contributed by atoms with E-state index in [0.717, 1.165) is 5.56 Å². The van der Waals surface area contributed by atoms with Crippen LogP contribution in [0.5, 0.6) is 11.5 Å². The van der Waals surface area contributed by atoms with Crippen LogP contribution in [0.4, 0.5) is 8.78 Å². The molecule has 0 amide bonds. The van der Waals surface area contributed by atoms with Crippen LogP contribution in [0.1, 0.15) is 12.8 Å². The SMILES string of the molecule is FC1(F)CC(Cn2cc(-c3cnc4ccc(Oc5ccccc5)c(Cl)c4n3)cn2)C1. The third-order valence-electron chi connectivity index (χ3n) is 5.14. The highest BCUT2D eigenvalue weighted by Crippen LogP contribution is 2.43. The van der Waals surface area contributed by atoms with Crippen molar-refractivity contribution in [3.8, 4) is 22.8 Å². The number of hydrogen-bond donors (Lipinski definition) is 0. The normalized spacial score (nSPS) is 15.8. The molecule has 152 valence electrons. The van der Waals surface area contributed by atoms with Gasteiger partial charge in [0.05, 0.1) is 23.6 Å². The van der Waals surface area contributed by atoms with Crippen molar-refractivity contribution in [3.63, 3.8) is 0 Å². The van der Waals surface area contributed by atoms with E-state index in [1.165, 1.54) is 0 Å². The zero-order valence-electron chi connectivity index (χ0n) is 15.8. The van der Waals surface area contributed by atoms with Crippen molar-refractivity contribution in [3.05, 3.63) is 66.1 Å². The second kappa shape index (κ2) is 7.32. The van der Waals surface area contributed by atoms with E-state index in [1.807, 2.05) is 30.3 Å². The molecule has 4 aromatic rings. The molecule has 30 heavy (non-hydrogen) atoms. The molecule has 5 rings (SSSR count). The molecule has 0 aliphatic heterocycles. The predicted octanol–water partition coefficient (Wildman–Crippen LogP) is 5.98. The van der Waals surface area contributed by atoms with E-state index in [2.05, 4.69) is 15.1 Å². The van der Waals surface area contributed by atoms with Gasteiger partial charge in [-0.1, -0.05) is 29.8 Å². The second-order valence-electron chi connectivity index (χ2n) is 7.50. The first-order valence-corrected chi connectivity index (χ1v) is 9.93. The van der Waals surface area contributed by atoms with Gasteiger partial charge in [0.25, 0.3) is 0 Å². The van der Waals surface area contributed by atoms with Crippen molar-refractivity contribution in [1.29, 1.82) is 0 Å². The number of ether oxygens (including phenoxy) is 1. The summed E-state index contributed by atoms with van der Waals surface area (Å²) in [6, 6.07) is 12.9. The van der Waals surface area contributed by atoms with Crippen LogP contribution in [0.3, 0.4) is 0 Å². The molecule has 0 N–H and O–H groups in total. The number of nitrogens with zero attached hydrogens (tertiary/aromatic N) is 4. The molecule has 2 heterocycles. The maximum Gasteiger partial charge on any atom is 0.248 e. The van der Waals surface area contributed by atoms with E-state index in [4.69, 9.17) is 16.3 Å². The number of benzene rings is 2. The topological polar surface area (TPSA) is 52.8 Å². The van der Waals surface area contributed by atoms with E-state index in [-0.39, 0.29) is 18.8 Å². The lowest BCUT2D eigenvalue weighted by atomic mass is 9.81. The summed E-state index contributed by atoms with van der Waals surface area (Å²) in [6.07, 6.45) is 4.93. The predicted molar refractivity (Wildman–Crippen MR) is 110 cm³/mol. The lowest BCUT2D eigenvalue weighted by Crippen LogP contribution is -2.37. The molecule has 0 atom stereocenters. The van der Waals surface area contributed by atoms with Crippen LogP contribution in [0.15, 0.2) is 61.1 Å². The van der Waals surface area contributed by atoms with Crippen LogP contribution in [0, 0.1) is 5.92 Å². The van der Waals surface area contributed by atoms with E-state index >= 15 is 0 Å². The zero-order valence-corrected chi connectivity index (χ0v) is 16.6. The maximum atomic E-state index is 13.0. The van der Waals surface area contributed by atoms with Crippen LogP contribution in [0.2, 0.25) is 5.02 Å². The molecule has 0 saturated heterocycles. The van der Waals surface area contributed by atoms with Gasteiger partial charge in [0.15, 0.2) is 0 Å². The molecule has 0 spiro atoms. The Morgan fingerprint density at radius 2 is 1.90 bits per heavy atom. The summed E-state index contributed by atoms with van der Waals surface area (Å²) in [5, 5.41) is 4.65. The Balaban J connectivity index is 1.41. The Morgan fingerprint density at radius 3 is 2.67 bits per heavy atom. The Bertz CT molecular complexity index is 1200. The minimum absolute atomic E-state index is 0.0532. The third kappa shape index (κ3) is 3.73. The molecule has 1 saturated carbocycles. The molecule has 5 nitrogen and oxygen atoms in total. The number of para-hydroxylation sites is 1. The molecule has 0 unspecified atom stereocenters. The monoisotopic (exact) mass is 426 g/mol. The van der Waals surface area contributed by atoms with Crippen molar-refractivity contribution >= 4 is 22.6 Å². The highest BCUT2D eigenvalue weighted by Gasteiger charge is 2.45. The van der Waals surface area contributed by atoms with Gasteiger partial charge in [-0.3, -0.25) is 9.67 Å². The van der Waals surface area contributed by atoms with Crippen LogP contribution in [-0.2, 0) is 6.54 Å². The first kappa shape index (κ1) is 18.9. The molecule has 8 heteroatoms. The summed E-state index contributed by atoms with van der Waals surface area (Å²) in [4.78, 5) is 9.09. The van der Waals surface area contributed by atoms with Gasteiger partial charge in [0, 0.05) is 31.1 Å². The summed E-state index contributed by atoms with van der Waals surface area (Å²) >= 11 is 6.56. The molecule has 1 aliphatic carbocycles. The molecule has 2 aromatic carbocycles. The first-order valence-electron chi connectivity index (χ1n) is 9.56. The number of fused-ring (bicyclic) bond motifs is 1. The fourth-order valence-electron chi connectivity index (χ4n) is 3.63.